The minimum Gasteiger partial charge on any atom is -0.507 e. The molecule has 4 heterocycles. The Hall–Kier alpha value is -5.15. The number of carbonyl (C=O) groups is 3. The molecule has 2 bridgehead atoms. The SMILES string of the molecule is CC(C)(C)[C@H](NC(=O)CCCCCCCCCC(=O)N1CCN(CCOc2cccc(N3C4CCC3CN(C(/C=C(\N)c3ccccc3O)=C(N)N)C4)c2)CC1)C(=O)N1CC[C@@H](O)C1. The molecule has 3 amide bonds. The summed E-state index contributed by atoms with van der Waals surface area (Å²) in [6, 6.07) is 15.3. The monoisotopic (exact) mass is 886 g/mol. The van der Waals surface area contributed by atoms with Crippen LogP contribution in [-0.4, -0.2) is 137 Å². The fourth-order valence-electron chi connectivity index (χ4n) is 9.68. The van der Waals surface area contributed by atoms with Gasteiger partial charge in [-0.3, -0.25) is 19.3 Å². The molecule has 4 atom stereocenters. The fraction of sp³-hybridized carbons (Fsp3) is 0.612. The van der Waals surface area contributed by atoms with Gasteiger partial charge < -0.3 is 57.1 Å². The van der Waals surface area contributed by atoms with Crippen molar-refractivity contribution in [3.05, 3.63) is 71.7 Å². The molecule has 15 nitrogen and oxygen atoms in total. The van der Waals surface area contributed by atoms with Crippen LogP contribution in [0.4, 0.5) is 5.69 Å². The largest absolute Gasteiger partial charge is 0.507 e. The van der Waals surface area contributed by atoms with E-state index in [1.807, 2.05) is 37.8 Å². The van der Waals surface area contributed by atoms with Gasteiger partial charge in [0.25, 0.3) is 0 Å². The van der Waals surface area contributed by atoms with Gasteiger partial charge in [0, 0.05) is 107 Å². The number of fused-ring (bicyclic) bond motifs is 2. The highest BCUT2D eigenvalue weighted by Gasteiger charge is 2.41. The number of para-hydroxylation sites is 1. The number of nitrogens with zero attached hydrogens (tertiary/aromatic N) is 5. The fourth-order valence-corrected chi connectivity index (χ4v) is 9.68. The number of nitrogens with one attached hydrogen (secondary N) is 1. The first kappa shape index (κ1) is 48.3. The molecule has 64 heavy (non-hydrogen) atoms. The second kappa shape index (κ2) is 22.7. The molecule has 352 valence electrons. The van der Waals surface area contributed by atoms with Crippen LogP contribution >= 0.6 is 0 Å². The number of piperazine rings is 2. The van der Waals surface area contributed by atoms with E-state index in [2.05, 4.69) is 38.2 Å². The van der Waals surface area contributed by atoms with Gasteiger partial charge in [0.1, 0.15) is 30.0 Å². The number of allylic oxidation sites excluding steroid dienone is 1. The Morgan fingerprint density at radius 1 is 0.797 bits per heavy atom. The molecule has 0 aromatic heterocycles. The lowest BCUT2D eigenvalue weighted by Crippen LogP contribution is -2.54. The lowest BCUT2D eigenvalue weighted by Gasteiger charge is -2.44. The third-order valence-corrected chi connectivity index (χ3v) is 13.3. The second-order valence-corrected chi connectivity index (χ2v) is 19.3. The maximum Gasteiger partial charge on any atom is 0.245 e. The zero-order chi connectivity index (χ0) is 45.8. The van der Waals surface area contributed by atoms with E-state index in [1.165, 1.54) is 0 Å². The number of amides is 3. The maximum atomic E-state index is 13.1. The molecule has 2 aromatic carbocycles. The van der Waals surface area contributed by atoms with Crippen molar-refractivity contribution in [3.63, 3.8) is 0 Å². The highest BCUT2D eigenvalue weighted by molar-refractivity contribution is 5.88. The van der Waals surface area contributed by atoms with Gasteiger partial charge in [-0.2, -0.15) is 0 Å². The first-order valence-electron chi connectivity index (χ1n) is 23.7. The van der Waals surface area contributed by atoms with Crippen LogP contribution in [0.1, 0.15) is 103 Å². The first-order valence-corrected chi connectivity index (χ1v) is 23.7. The summed E-state index contributed by atoms with van der Waals surface area (Å²) in [6.45, 7) is 12.8. The van der Waals surface area contributed by atoms with Gasteiger partial charge in [-0.05, 0) is 67.9 Å². The summed E-state index contributed by atoms with van der Waals surface area (Å²) in [6.07, 6.45) is 11.9. The van der Waals surface area contributed by atoms with Gasteiger partial charge in [0.15, 0.2) is 0 Å². The van der Waals surface area contributed by atoms with Gasteiger partial charge in [-0.25, -0.2) is 0 Å². The average Bonchev–Trinajstić information content (AvgIpc) is 3.82. The number of unbranched alkanes of at least 4 members (excludes halogenated alkanes) is 6. The number of aromatic hydroxyl groups is 1. The molecular weight excluding hydrogens is 811 g/mol. The number of rotatable bonds is 20. The van der Waals surface area contributed by atoms with Crippen molar-refractivity contribution in [1.82, 2.24) is 24.9 Å². The van der Waals surface area contributed by atoms with Gasteiger partial charge in [-0.15, -0.1) is 0 Å². The van der Waals surface area contributed by atoms with E-state index >= 15 is 0 Å². The van der Waals surface area contributed by atoms with Gasteiger partial charge in [0.05, 0.1) is 11.8 Å². The van der Waals surface area contributed by atoms with Crippen molar-refractivity contribution in [2.24, 2.45) is 22.6 Å². The van der Waals surface area contributed by atoms with Crippen molar-refractivity contribution in [2.75, 3.05) is 70.4 Å². The highest BCUT2D eigenvalue weighted by Crippen LogP contribution is 2.38. The quantitative estimate of drug-likeness (QED) is 0.0814. The number of carbonyl (C=O) groups excluding carboxylic acids is 3. The number of benzene rings is 2. The predicted octanol–water partition coefficient (Wildman–Crippen LogP) is 4.29. The standard InChI is InChI=1S/C49H75N9O6/c1-49(2,3)46(48(63)56-23-22-38(59)34-56)53-44(61)18-9-7-5-4-6-8-10-19-45(62)55-26-24-54(25-27-55)28-29-64-39-15-13-14-35(30-39)58-36-20-21-37(58)33-57(32-36)42(47(51)52)31-41(50)40-16-11-12-17-43(40)60/h11-17,30-31,36-38,46,59-60H,4-10,18-29,32-34,50-52H2,1-3H3,(H,53,61)/b41-31-/t36?,37?,38-,46-/m1/s1. The van der Waals surface area contributed by atoms with E-state index in [4.69, 9.17) is 21.9 Å². The molecule has 0 radical (unpaired) electrons. The normalized spacial score (nSPS) is 20.9. The molecule has 0 spiro atoms. The van der Waals surface area contributed by atoms with Crippen molar-refractivity contribution in [3.8, 4) is 11.5 Å². The lowest BCUT2D eigenvalue weighted by molar-refractivity contribution is -0.139. The molecule has 9 N–H and O–H groups in total. The van der Waals surface area contributed by atoms with Gasteiger partial charge in [-0.1, -0.05) is 71.1 Å². The van der Waals surface area contributed by atoms with E-state index in [0.717, 1.165) is 115 Å². The predicted molar refractivity (Wildman–Crippen MR) is 252 cm³/mol. The van der Waals surface area contributed by atoms with E-state index in [0.29, 0.717) is 55.9 Å². The molecule has 2 aromatic rings. The minimum atomic E-state index is -0.603. The van der Waals surface area contributed by atoms with Crippen LogP contribution in [-0.2, 0) is 14.4 Å². The van der Waals surface area contributed by atoms with E-state index < -0.39 is 17.6 Å². The van der Waals surface area contributed by atoms with Crippen molar-refractivity contribution in [2.45, 2.75) is 122 Å². The third kappa shape index (κ3) is 13.2. The van der Waals surface area contributed by atoms with Crippen molar-refractivity contribution in [1.29, 1.82) is 0 Å². The van der Waals surface area contributed by atoms with Crippen LogP contribution in [0.25, 0.3) is 5.70 Å². The van der Waals surface area contributed by atoms with Crippen LogP contribution in [0.15, 0.2) is 66.1 Å². The Bertz CT molecular complexity index is 1920. The summed E-state index contributed by atoms with van der Waals surface area (Å²) < 4.78 is 6.28. The third-order valence-electron chi connectivity index (χ3n) is 13.3. The van der Waals surface area contributed by atoms with Crippen LogP contribution in [0.3, 0.4) is 0 Å². The molecule has 4 aliphatic rings. The number of likely N-dealkylation sites (tertiary alicyclic amines) is 2. The number of hydrogen-bond acceptors (Lipinski definition) is 12. The second-order valence-electron chi connectivity index (χ2n) is 19.3. The summed E-state index contributed by atoms with van der Waals surface area (Å²) in [4.78, 5) is 49.6. The number of aliphatic hydroxyl groups excluding tert-OH is 1. The molecule has 0 saturated carbocycles. The number of β-amino-alcohol motifs (C(OH)–C–C–N with tert-alkyl or cyclic N) is 1. The Morgan fingerprint density at radius 3 is 2.08 bits per heavy atom. The number of phenols is 1. The summed E-state index contributed by atoms with van der Waals surface area (Å²) in [5, 5.41) is 23.2. The Balaban J connectivity index is 0.823. The van der Waals surface area contributed by atoms with Gasteiger partial charge >= 0.3 is 0 Å². The summed E-state index contributed by atoms with van der Waals surface area (Å²) >= 11 is 0. The zero-order valence-electron chi connectivity index (χ0n) is 38.6. The van der Waals surface area contributed by atoms with Crippen LogP contribution in [0.2, 0.25) is 0 Å². The Labute approximate surface area is 380 Å². The minimum absolute atomic E-state index is 0.0938. The van der Waals surface area contributed by atoms with E-state index in [1.54, 1.807) is 29.2 Å². The molecule has 2 unspecified atom stereocenters. The number of aliphatic hydroxyl groups is 1. The Morgan fingerprint density at radius 2 is 1.45 bits per heavy atom. The summed E-state index contributed by atoms with van der Waals surface area (Å²) in [7, 11) is 0. The van der Waals surface area contributed by atoms with Crippen LogP contribution < -0.4 is 32.2 Å². The Kier molecular flexibility index (Phi) is 17.1. The zero-order valence-corrected chi connectivity index (χ0v) is 38.6. The van der Waals surface area contributed by atoms with Crippen LogP contribution in [0.5, 0.6) is 11.5 Å². The first-order chi connectivity index (χ1) is 30.7. The molecule has 4 saturated heterocycles. The van der Waals surface area contributed by atoms with E-state index in [9.17, 15) is 24.6 Å². The summed E-state index contributed by atoms with van der Waals surface area (Å²) in [5.41, 5.74) is 21.1. The number of anilines is 1. The molecule has 0 aliphatic carbocycles. The number of hydrogen-bond donors (Lipinski definition) is 6. The lowest BCUT2D eigenvalue weighted by atomic mass is 9.85. The molecule has 6 rings (SSSR count). The van der Waals surface area contributed by atoms with Crippen molar-refractivity contribution >= 4 is 29.1 Å². The molecule has 15 heteroatoms. The number of phenolic OH excluding ortho intramolecular Hbond substituents is 1. The van der Waals surface area contributed by atoms with Gasteiger partial charge in [0.2, 0.25) is 17.7 Å². The van der Waals surface area contributed by atoms with Crippen molar-refractivity contribution < 1.29 is 29.3 Å². The highest BCUT2D eigenvalue weighted by atomic mass is 16.5. The van der Waals surface area contributed by atoms with Crippen LogP contribution in [0, 0.1) is 5.41 Å². The average molecular weight is 886 g/mol. The maximum absolute atomic E-state index is 13.1. The smallest absolute Gasteiger partial charge is 0.245 e. The van der Waals surface area contributed by atoms with E-state index in [-0.39, 0.29) is 41.4 Å². The number of ether oxygens (including phenoxy) is 1. The number of nitrogens with two attached hydrogens (primary N) is 3. The summed E-state index contributed by atoms with van der Waals surface area (Å²) in [5.74, 6) is 1.20. The molecule has 4 fully saturated rings. The topological polar surface area (TPSA) is 207 Å². The molecule has 4 aliphatic heterocycles. The molecular formula is C49H75N9O6.